The maximum absolute atomic E-state index is 12.3. The molecule has 0 aliphatic heterocycles. The molecule has 0 aliphatic rings. The number of carbonyl (C=O) groups is 1. The Hall–Kier alpha value is -2.66. The zero-order valence-corrected chi connectivity index (χ0v) is 14.2. The number of aryl methyl sites for hydroxylation is 2. The fourth-order valence-corrected chi connectivity index (χ4v) is 2.68. The first-order chi connectivity index (χ1) is 11.5. The highest BCUT2D eigenvalue weighted by Crippen LogP contribution is 2.14. The third-order valence-corrected chi connectivity index (χ3v) is 3.83. The first kappa shape index (κ1) is 16.2. The largest absolute Gasteiger partial charge is 0.331 e. The average Bonchev–Trinajstić information content (AvgIpc) is 2.94. The first-order valence-electron chi connectivity index (χ1n) is 7.53. The number of benzene rings is 1. The van der Waals surface area contributed by atoms with E-state index in [1.165, 1.54) is 11.1 Å². The molecule has 3 aromatic rings. The fraction of sp³-hybridized carbons (Fsp3) is 0.167. The molecule has 0 spiro atoms. The van der Waals surface area contributed by atoms with Crippen molar-refractivity contribution in [2.75, 3.05) is 5.32 Å². The van der Waals surface area contributed by atoms with Crippen LogP contribution in [0.1, 0.15) is 27.2 Å². The second-order valence-corrected chi connectivity index (χ2v) is 6.03. The predicted octanol–water partition coefficient (Wildman–Crippen LogP) is 3.85. The number of nitrogens with one attached hydrogen (secondary N) is 1. The van der Waals surface area contributed by atoms with Gasteiger partial charge in [-0.2, -0.15) is 0 Å². The molecule has 0 radical (unpaired) electrons. The van der Waals surface area contributed by atoms with Crippen LogP contribution < -0.4 is 5.32 Å². The summed E-state index contributed by atoms with van der Waals surface area (Å²) in [5.41, 5.74) is 3.46. The van der Waals surface area contributed by atoms with Gasteiger partial charge in [-0.1, -0.05) is 41.4 Å². The Balaban J connectivity index is 1.70. The van der Waals surface area contributed by atoms with Crippen LogP contribution in [0.3, 0.4) is 0 Å². The van der Waals surface area contributed by atoms with E-state index in [0.29, 0.717) is 28.8 Å². The van der Waals surface area contributed by atoms with E-state index in [2.05, 4.69) is 40.4 Å². The monoisotopic (exact) mass is 340 g/mol. The quantitative estimate of drug-likeness (QED) is 0.734. The van der Waals surface area contributed by atoms with Crippen LogP contribution in [0.5, 0.6) is 0 Å². The van der Waals surface area contributed by atoms with Gasteiger partial charge in [0.25, 0.3) is 5.91 Å². The summed E-state index contributed by atoms with van der Waals surface area (Å²) in [6.07, 6.45) is 3.50. The van der Waals surface area contributed by atoms with Crippen molar-refractivity contribution in [2.24, 2.45) is 0 Å². The minimum Gasteiger partial charge on any atom is -0.331 e. The van der Waals surface area contributed by atoms with E-state index in [0.717, 1.165) is 0 Å². The van der Waals surface area contributed by atoms with Crippen LogP contribution in [0, 0.1) is 13.8 Å². The number of aromatic nitrogens is 3. The molecule has 2 heterocycles. The fourth-order valence-electron chi connectivity index (χ4n) is 2.49. The maximum atomic E-state index is 12.3. The Morgan fingerprint density at radius 2 is 2.08 bits per heavy atom. The molecule has 0 aliphatic carbocycles. The normalized spacial score (nSPS) is 10.6. The molecule has 24 heavy (non-hydrogen) atoms. The van der Waals surface area contributed by atoms with Crippen molar-refractivity contribution in [3.8, 4) is 0 Å². The van der Waals surface area contributed by atoms with Crippen LogP contribution in [-0.2, 0) is 6.54 Å². The number of rotatable bonds is 4. The third-order valence-electron chi connectivity index (χ3n) is 3.62. The molecule has 2 aromatic heterocycles. The minimum atomic E-state index is -0.252. The molecule has 3 rings (SSSR count). The molecule has 0 atom stereocenters. The lowest BCUT2D eigenvalue weighted by molar-refractivity contribution is 0.102. The first-order valence-corrected chi connectivity index (χ1v) is 7.91. The van der Waals surface area contributed by atoms with Crippen molar-refractivity contribution in [1.29, 1.82) is 0 Å². The van der Waals surface area contributed by atoms with E-state index in [4.69, 9.17) is 11.6 Å². The summed E-state index contributed by atoms with van der Waals surface area (Å²) in [4.78, 5) is 20.6. The van der Waals surface area contributed by atoms with Crippen LogP contribution >= 0.6 is 11.6 Å². The highest BCUT2D eigenvalue weighted by atomic mass is 35.5. The number of hydrogen-bond acceptors (Lipinski definition) is 3. The van der Waals surface area contributed by atoms with Gasteiger partial charge in [0.2, 0.25) is 0 Å². The number of carbonyl (C=O) groups excluding carboxylic acids is 1. The molecule has 0 fully saturated rings. The van der Waals surface area contributed by atoms with Gasteiger partial charge in [-0.3, -0.25) is 4.79 Å². The van der Waals surface area contributed by atoms with Crippen molar-refractivity contribution in [3.05, 3.63) is 76.5 Å². The topological polar surface area (TPSA) is 59.8 Å². The predicted molar refractivity (Wildman–Crippen MR) is 94.4 cm³/mol. The average molecular weight is 341 g/mol. The molecule has 0 unspecified atom stereocenters. The van der Waals surface area contributed by atoms with E-state index in [1.54, 1.807) is 31.6 Å². The molecule has 1 N–H and O–H groups in total. The zero-order valence-electron chi connectivity index (χ0n) is 13.5. The van der Waals surface area contributed by atoms with Crippen LogP contribution in [0.4, 0.5) is 5.82 Å². The second-order valence-electron chi connectivity index (χ2n) is 5.64. The molecule has 0 saturated heterocycles. The summed E-state index contributed by atoms with van der Waals surface area (Å²) in [6.45, 7) is 4.51. The van der Waals surface area contributed by atoms with Gasteiger partial charge in [-0.15, -0.1) is 0 Å². The minimum absolute atomic E-state index is 0.252. The summed E-state index contributed by atoms with van der Waals surface area (Å²) in [5, 5.41) is 3.15. The molecule has 122 valence electrons. The summed E-state index contributed by atoms with van der Waals surface area (Å²) < 4.78 is 1.93. The Kier molecular flexibility index (Phi) is 4.62. The third kappa shape index (κ3) is 3.81. The van der Waals surface area contributed by atoms with Crippen molar-refractivity contribution in [2.45, 2.75) is 20.4 Å². The zero-order chi connectivity index (χ0) is 17.1. The lowest BCUT2D eigenvalue weighted by atomic mass is 10.1. The number of nitrogens with zero attached hydrogens (tertiary/aromatic N) is 3. The highest BCUT2D eigenvalue weighted by molar-refractivity contribution is 6.29. The SMILES string of the molecule is Cc1cccc(Cn2cnc(NC(=O)c3ccc(Cl)nc3C)c2)c1. The summed E-state index contributed by atoms with van der Waals surface area (Å²) in [7, 11) is 0. The lowest BCUT2D eigenvalue weighted by Crippen LogP contribution is -2.14. The van der Waals surface area contributed by atoms with Gasteiger partial charge < -0.3 is 9.88 Å². The van der Waals surface area contributed by atoms with E-state index >= 15 is 0 Å². The highest BCUT2D eigenvalue weighted by Gasteiger charge is 2.12. The van der Waals surface area contributed by atoms with E-state index < -0.39 is 0 Å². The van der Waals surface area contributed by atoms with Gasteiger partial charge >= 0.3 is 0 Å². The smallest absolute Gasteiger partial charge is 0.258 e. The van der Waals surface area contributed by atoms with Crippen LogP contribution in [0.15, 0.2) is 48.9 Å². The van der Waals surface area contributed by atoms with Crippen LogP contribution in [-0.4, -0.2) is 20.4 Å². The number of halogens is 1. The summed E-state index contributed by atoms with van der Waals surface area (Å²) in [5.74, 6) is 0.250. The maximum Gasteiger partial charge on any atom is 0.258 e. The molecule has 0 bridgehead atoms. The Bertz CT molecular complexity index is 888. The van der Waals surface area contributed by atoms with Gasteiger partial charge in [0.05, 0.1) is 17.6 Å². The van der Waals surface area contributed by atoms with Crippen molar-refractivity contribution < 1.29 is 4.79 Å². The van der Waals surface area contributed by atoms with Gasteiger partial charge in [0.1, 0.15) is 5.15 Å². The molecule has 1 amide bonds. The number of amides is 1. The molecule has 1 aromatic carbocycles. The molecular formula is C18H17ClN4O. The van der Waals surface area contributed by atoms with Crippen molar-refractivity contribution >= 4 is 23.3 Å². The molecular weight excluding hydrogens is 324 g/mol. The van der Waals surface area contributed by atoms with Gasteiger partial charge in [0, 0.05) is 12.7 Å². The number of anilines is 1. The summed E-state index contributed by atoms with van der Waals surface area (Å²) >= 11 is 5.81. The van der Waals surface area contributed by atoms with Crippen LogP contribution in [0.2, 0.25) is 5.15 Å². The Morgan fingerprint density at radius 1 is 1.25 bits per heavy atom. The standard InChI is InChI=1S/C18H17ClN4O/c1-12-4-3-5-14(8-12)9-23-10-17(20-11-23)22-18(24)15-6-7-16(19)21-13(15)2/h3-8,10-11H,9H2,1-2H3,(H,22,24). The lowest BCUT2D eigenvalue weighted by Gasteiger charge is -2.05. The Labute approximate surface area is 145 Å². The second kappa shape index (κ2) is 6.84. The van der Waals surface area contributed by atoms with Gasteiger partial charge in [-0.05, 0) is 31.5 Å². The number of imidazole rings is 1. The van der Waals surface area contributed by atoms with E-state index in [-0.39, 0.29) is 5.91 Å². The van der Waals surface area contributed by atoms with Gasteiger partial charge in [0.15, 0.2) is 5.82 Å². The van der Waals surface area contributed by atoms with E-state index in [1.807, 2.05) is 10.6 Å². The number of hydrogen-bond donors (Lipinski definition) is 1. The van der Waals surface area contributed by atoms with E-state index in [9.17, 15) is 4.79 Å². The summed E-state index contributed by atoms with van der Waals surface area (Å²) in [6, 6.07) is 11.5. The molecule has 0 saturated carbocycles. The van der Waals surface area contributed by atoms with Crippen molar-refractivity contribution in [3.63, 3.8) is 0 Å². The molecule has 5 nitrogen and oxygen atoms in total. The Morgan fingerprint density at radius 3 is 2.83 bits per heavy atom. The van der Waals surface area contributed by atoms with Gasteiger partial charge in [-0.25, -0.2) is 9.97 Å². The molecule has 6 heteroatoms. The van der Waals surface area contributed by atoms with Crippen LogP contribution in [0.25, 0.3) is 0 Å². The van der Waals surface area contributed by atoms with Crippen molar-refractivity contribution in [1.82, 2.24) is 14.5 Å². The number of pyridine rings is 1.